The van der Waals surface area contributed by atoms with E-state index in [4.69, 9.17) is 0 Å². The summed E-state index contributed by atoms with van der Waals surface area (Å²) in [6.07, 6.45) is 7.11. The molecule has 4 rings (SSSR count). The van der Waals surface area contributed by atoms with Gasteiger partial charge in [-0.05, 0) is 62.8 Å². The highest BCUT2D eigenvalue weighted by Crippen LogP contribution is 2.30. The van der Waals surface area contributed by atoms with Crippen molar-refractivity contribution in [2.45, 2.75) is 57.0 Å². The standard InChI is InChI=1S/C20H25N3O3/c24-18(13-3-1-4-13)14-7-9-15(10-8-14)21-20(26)22-17-11-12-23(19(17)25)16-5-2-6-16/h7-10,13,16-17H,1-6,11-12H2,(H2,21,22,26). The molecular formula is C20H25N3O3. The average Bonchev–Trinajstić information content (AvgIpc) is 2.86. The van der Waals surface area contributed by atoms with Crippen LogP contribution >= 0.6 is 0 Å². The minimum atomic E-state index is -0.435. The van der Waals surface area contributed by atoms with E-state index in [1.54, 1.807) is 24.3 Å². The van der Waals surface area contributed by atoms with Crippen molar-refractivity contribution >= 4 is 23.4 Å². The van der Waals surface area contributed by atoms with Crippen LogP contribution in [-0.4, -0.2) is 41.2 Å². The number of urea groups is 1. The molecule has 3 aliphatic rings. The molecule has 1 unspecified atom stereocenters. The molecule has 1 aromatic rings. The Morgan fingerprint density at radius 3 is 2.23 bits per heavy atom. The lowest BCUT2D eigenvalue weighted by molar-refractivity contribution is -0.132. The van der Waals surface area contributed by atoms with Crippen molar-refractivity contribution in [1.29, 1.82) is 0 Å². The summed E-state index contributed by atoms with van der Waals surface area (Å²) in [6, 6.07) is 6.56. The van der Waals surface area contributed by atoms with Crippen molar-refractivity contribution < 1.29 is 14.4 Å². The first-order valence-electron chi connectivity index (χ1n) is 9.64. The number of hydrogen-bond acceptors (Lipinski definition) is 3. The van der Waals surface area contributed by atoms with Crippen LogP contribution in [0.2, 0.25) is 0 Å². The minimum Gasteiger partial charge on any atom is -0.338 e. The van der Waals surface area contributed by atoms with Crippen LogP contribution in [0, 0.1) is 5.92 Å². The van der Waals surface area contributed by atoms with Crippen LogP contribution in [0.25, 0.3) is 0 Å². The largest absolute Gasteiger partial charge is 0.338 e. The van der Waals surface area contributed by atoms with E-state index in [1.165, 1.54) is 6.42 Å². The number of hydrogen-bond donors (Lipinski definition) is 2. The normalized spacial score (nSPS) is 23.3. The van der Waals surface area contributed by atoms with Crippen LogP contribution in [0.3, 0.4) is 0 Å². The van der Waals surface area contributed by atoms with Crippen LogP contribution in [-0.2, 0) is 4.79 Å². The number of likely N-dealkylation sites (tertiary alicyclic amines) is 1. The predicted octanol–water partition coefficient (Wildman–Crippen LogP) is 2.94. The van der Waals surface area contributed by atoms with Gasteiger partial charge in [-0.3, -0.25) is 9.59 Å². The van der Waals surface area contributed by atoms with Gasteiger partial charge in [0.25, 0.3) is 0 Å². The van der Waals surface area contributed by atoms with Crippen molar-refractivity contribution in [3.8, 4) is 0 Å². The second kappa shape index (κ2) is 7.09. The molecule has 1 atom stereocenters. The number of ketones is 1. The summed E-state index contributed by atoms with van der Waals surface area (Å²) >= 11 is 0. The number of benzene rings is 1. The average molecular weight is 355 g/mol. The number of Topliss-reactive ketones (excluding diaryl/α,β-unsaturated/α-hetero) is 1. The van der Waals surface area contributed by atoms with Gasteiger partial charge in [-0.25, -0.2) is 4.79 Å². The topological polar surface area (TPSA) is 78.5 Å². The number of amides is 3. The smallest absolute Gasteiger partial charge is 0.319 e. The van der Waals surface area contributed by atoms with Crippen LogP contribution in [0.5, 0.6) is 0 Å². The molecule has 0 spiro atoms. The Bertz CT molecular complexity index is 708. The fraction of sp³-hybridized carbons (Fsp3) is 0.550. The summed E-state index contributed by atoms with van der Waals surface area (Å²) in [5.74, 6) is 0.398. The third-order valence-corrected chi connectivity index (χ3v) is 5.96. The summed E-state index contributed by atoms with van der Waals surface area (Å²) < 4.78 is 0. The predicted molar refractivity (Wildman–Crippen MR) is 98.0 cm³/mol. The van der Waals surface area contributed by atoms with Gasteiger partial charge in [0, 0.05) is 29.8 Å². The zero-order chi connectivity index (χ0) is 18.1. The van der Waals surface area contributed by atoms with Gasteiger partial charge in [-0.1, -0.05) is 6.42 Å². The first kappa shape index (κ1) is 17.1. The molecule has 1 saturated heterocycles. The molecule has 1 heterocycles. The zero-order valence-electron chi connectivity index (χ0n) is 14.9. The lowest BCUT2D eigenvalue weighted by Gasteiger charge is -2.34. The second-order valence-corrected chi connectivity index (χ2v) is 7.63. The summed E-state index contributed by atoms with van der Waals surface area (Å²) in [6.45, 7) is 0.729. The molecule has 2 aliphatic carbocycles. The van der Waals surface area contributed by atoms with E-state index in [-0.39, 0.29) is 23.6 Å². The summed E-state index contributed by atoms with van der Waals surface area (Å²) in [4.78, 5) is 38.7. The van der Waals surface area contributed by atoms with E-state index in [2.05, 4.69) is 10.6 Å². The third kappa shape index (κ3) is 3.32. The van der Waals surface area contributed by atoms with Crippen molar-refractivity contribution in [2.75, 3.05) is 11.9 Å². The third-order valence-electron chi connectivity index (χ3n) is 5.96. The summed E-state index contributed by atoms with van der Waals surface area (Å²) in [5.41, 5.74) is 1.32. The Morgan fingerprint density at radius 1 is 0.962 bits per heavy atom. The molecule has 138 valence electrons. The Labute approximate surface area is 153 Å². The van der Waals surface area contributed by atoms with E-state index in [1.807, 2.05) is 4.90 Å². The maximum atomic E-state index is 12.4. The van der Waals surface area contributed by atoms with Gasteiger partial charge in [0.1, 0.15) is 6.04 Å². The van der Waals surface area contributed by atoms with Crippen LogP contribution in [0.4, 0.5) is 10.5 Å². The molecule has 0 radical (unpaired) electrons. The fourth-order valence-corrected chi connectivity index (χ4v) is 3.85. The quantitative estimate of drug-likeness (QED) is 0.797. The maximum absolute atomic E-state index is 12.4. The van der Waals surface area contributed by atoms with E-state index in [9.17, 15) is 14.4 Å². The van der Waals surface area contributed by atoms with Crippen molar-refractivity contribution in [2.24, 2.45) is 5.92 Å². The molecule has 2 N–H and O–H groups in total. The Kier molecular flexibility index (Phi) is 4.66. The number of carbonyl (C=O) groups is 3. The van der Waals surface area contributed by atoms with Gasteiger partial charge in [0.15, 0.2) is 5.78 Å². The first-order valence-corrected chi connectivity index (χ1v) is 9.64. The highest BCUT2D eigenvalue weighted by atomic mass is 16.2. The van der Waals surface area contributed by atoms with E-state index in [0.29, 0.717) is 23.7 Å². The molecule has 3 fully saturated rings. The van der Waals surface area contributed by atoms with Crippen LogP contribution in [0.1, 0.15) is 55.3 Å². The molecule has 6 heteroatoms. The number of anilines is 1. The van der Waals surface area contributed by atoms with Crippen LogP contribution < -0.4 is 10.6 Å². The van der Waals surface area contributed by atoms with Gasteiger partial charge < -0.3 is 15.5 Å². The molecule has 0 aromatic heterocycles. The molecule has 26 heavy (non-hydrogen) atoms. The van der Waals surface area contributed by atoms with Gasteiger partial charge in [0.05, 0.1) is 0 Å². The molecule has 1 aliphatic heterocycles. The summed E-state index contributed by atoms with van der Waals surface area (Å²) in [5, 5.41) is 5.53. The van der Waals surface area contributed by atoms with Gasteiger partial charge in [-0.2, -0.15) is 0 Å². The number of nitrogens with zero attached hydrogens (tertiary/aromatic N) is 1. The van der Waals surface area contributed by atoms with Crippen LogP contribution in [0.15, 0.2) is 24.3 Å². The molecule has 2 saturated carbocycles. The monoisotopic (exact) mass is 355 g/mol. The van der Waals surface area contributed by atoms with Gasteiger partial charge >= 0.3 is 6.03 Å². The Balaban J connectivity index is 1.29. The lowest BCUT2D eigenvalue weighted by atomic mass is 9.80. The summed E-state index contributed by atoms with van der Waals surface area (Å²) in [7, 11) is 0. The fourth-order valence-electron chi connectivity index (χ4n) is 3.85. The zero-order valence-corrected chi connectivity index (χ0v) is 14.9. The highest BCUT2D eigenvalue weighted by Gasteiger charge is 2.38. The molecule has 3 amide bonds. The maximum Gasteiger partial charge on any atom is 0.319 e. The molecule has 1 aromatic carbocycles. The number of rotatable bonds is 5. The highest BCUT2D eigenvalue weighted by molar-refractivity contribution is 5.99. The number of nitrogens with one attached hydrogen (secondary N) is 2. The van der Waals surface area contributed by atoms with Crippen molar-refractivity contribution in [3.05, 3.63) is 29.8 Å². The van der Waals surface area contributed by atoms with Crippen molar-refractivity contribution in [3.63, 3.8) is 0 Å². The lowest BCUT2D eigenvalue weighted by Crippen LogP contribution is -2.47. The second-order valence-electron chi connectivity index (χ2n) is 7.63. The van der Waals surface area contributed by atoms with E-state index in [0.717, 1.165) is 38.6 Å². The van der Waals surface area contributed by atoms with Crippen molar-refractivity contribution in [1.82, 2.24) is 10.2 Å². The van der Waals surface area contributed by atoms with E-state index < -0.39 is 6.04 Å². The Hall–Kier alpha value is -2.37. The molecule has 6 nitrogen and oxygen atoms in total. The van der Waals surface area contributed by atoms with E-state index >= 15 is 0 Å². The SMILES string of the molecule is O=C(Nc1ccc(C(=O)C2CCC2)cc1)NC1CCN(C2CCC2)C1=O. The Morgan fingerprint density at radius 2 is 1.65 bits per heavy atom. The number of carbonyl (C=O) groups excluding carboxylic acids is 3. The van der Waals surface area contributed by atoms with Gasteiger partial charge in [0.2, 0.25) is 5.91 Å². The molecular weight excluding hydrogens is 330 g/mol. The van der Waals surface area contributed by atoms with Gasteiger partial charge in [-0.15, -0.1) is 0 Å². The molecule has 0 bridgehead atoms. The first-order chi connectivity index (χ1) is 12.6. The minimum absolute atomic E-state index is 0.0336.